The van der Waals surface area contributed by atoms with Gasteiger partial charge in [0.15, 0.2) is 6.10 Å². The number of rotatable bonds is 6. The number of non-ortho nitro benzene ring substituents is 1. The Bertz CT molecular complexity index is 904. The van der Waals surface area contributed by atoms with E-state index in [1.807, 2.05) is 0 Å². The molecule has 27 heavy (non-hydrogen) atoms. The molecule has 0 spiro atoms. The fourth-order valence-corrected chi connectivity index (χ4v) is 2.47. The van der Waals surface area contributed by atoms with Gasteiger partial charge in [-0.15, -0.1) is 0 Å². The quantitative estimate of drug-likeness (QED) is 0.419. The first-order chi connectivity index (χ1) is 12.7. The summed E-state index contributed by atoms with van der Waals surface area (Å²) in [6.07, 6.45) is -1.18. The first kappa shape index (κ1) is 20.5. The molecule has 0 saturated heterocycles. The van der Waals surface area contributed by atoms with Crippen LogP contribution in [0.4, 0.5) is 17.1 Å². The monoisotopic (exact) mass is 411 g/mol. The van der Waals surface area contributed by atoms with Crippen LogP contribution in [0.25, 0.3) is 0 Å². The third-order valence-corrected chi connectivity index (χ3v) is 4.11. The third kappa shape index (κ3) is 5.08. The summed E-state index contributed by atoms with van der Waals surface area (Å²) in [5.41, 5.74) is 0.260. The molecule has 0 radical (unpaired) electrons. The fraction of sp³-hybridized carbons (Fsp3) is 0.176. The average Bonchev–Trinajstić information content (AvgIpc) is 2.63. The number of amides is 1. The van der Waals surface area contributed by atoms with Crippen molar-refractivity contribution in [3.05, 3.63) is 62.1 Å². The minimum atomic E-state index is -1.18. The predicted molar refractivity (Wildman–Crippen MR) is 103 cm³/mol. The topological polar surface area (TPSA) is 111 Å². The molecular weight excluding hydrogens is 397 g/mol. The van der Waals surface area contributed by atoms with E-state index < -0.39 is 22.9 Å². The predicted octanol–water partition coefficient (Wildman–Crippen LogP) is 4.13. The minimum absolute atomic E-state index is 0.0628. The summed E-state index contributed by atoms with van der Waals surface area (Å²) in [5, 5.41) is 16.8. The summed E-state index contributed by atoms with van der Waals surface area (Å²) >= 11 is 11.8. The molecule has 10 heteroatoms. The molecule has 0 unspecified atom stereocenters. The molecule has 1 amide bonds. The number of anilines is 2. The van der Waals surface area contributed by atoms with Gasteiger partial charge in [0, 0.05) is 29.9 Å². The minimum Gasteiger partial charge on any atom is -0.449 e. The highest BCUT2D eigenvalue weighted by atomic mass is 35.5. The van der Waals surface area contributed by atoms with E-state index >= 15 is 0 Å². The normalized spacial score (nSPS) is 11.4. The molecule has 2 aromatic carbocycles. The lowest BCUT2D eigenvalue weighted by atomic mass is 10.1. The molecule has 0 aliphatic carbocycles. The number of nitrogens with zero attached hydrogens (tertiary/aromatic N) is 1. The van der Waals surface area contributed by atoms with Crippen molar-refractivity contribution < 1.29 is 19.2 Å². The van der Waals surface area contributed by atoms with Crippen molar-refractivity contribution in [2.75, 3.05) is 17.7 Å². The molecule has 0 aliphatic heterocycles. The number of benzene rings is 2. The van der Waals surface area contributed by atoms with Crippen LogP contribution in [-0.4, -0.2) is 30.0 Å². The van der Waals surface area contributed by atoms with Gasteiger partial charge in [0.25, 0.3) is 11.6 Å². The first-order valence-electron chi connectivity index (χ1n) is 7.66. The maximum Gasteiger partial charge on any atom is 0.341 e. The number of ether oxygens (including phenoxy) is 1. The zero-order valence-electron chi connectivity index (χ0n) is 14.3. The number of nitrogens with one attached hydrogen (secondary N) is 2. The van der Waals surface area contributed by atoms with Gasteiger partial charge in [0.2, 0.25) is 0 Å². The molecule has 0 aliphatic rings. The highest BCUT2D eigenvalue weighted by molar-refractivity contribution is 6.35. The summed E-state index contributed by atoms with van der Waals surface area (Å²) in [5.74, 6) is -1.52. The van der Waals surface area contributed by atoms with Gasteiger partial charge in [-0.2, -0.15) is 0 Å². The Labute approximate surface area is 164 Å². The molecule has 0 heterocycles. The third-order valence-electron chi connectivity index (χ3n) is 3.54. The lowest BCUT2D eigenvalue weighted by molar-refractivity contribution is -0.384. The van der Waals surface area contributed by atoms with Crippen molar-refractivity contribution in [2.45, 2.75) is 13.0 Å². The molecule has 0 saturated carbocycles. The number of carbonyl (C=O) groups excluding carboxylic acids is 2. The van der Waals surface area contributed by atoms with Gasteiger partial charge in [-0.25, -0.2) is 4.79 Å². The van der Waals surface area contributed by atoms with Crippen molar-refractivity contribution in [2.24, 2.45) is 0 Å². The van der Waals surface area contributed by atoms with Gasteiger partial charge < -0.3 is 15.4 Å². The molecule has 2 rings (SSSR count). The number of hydrogen-bond donors (Lipinski definition) is 2. The second kappa shape index (κ2) is 8.70. The Morgan fingerprint density at radius 3 is 2.48 bits per heavy atom. The maximum atomic E-state index is 12.4. The van der Waals surface area contributed by atoms with E-state index in [2.05, 4.69) is 10.6 Å². The first-order valence-corrected chi connectivity index (χ1v) is 8.41. The molecule has 142 valence electrons. The zero-order chi connectivity index (χ0) is 20.1. The molecule has 2 aromatic rings. The molecule has 8 nitrogen and oxygen atoms in total. The lowest BCUT2D eigenvalue weighted by Crippen LogP contribution is -2.30. The van der Waals surface area contributed by atoms with E-state index in [-0.39, 0.29) is 22.0 Å². The van der Waals surface area contributed by atoms with Gasteiger partial charge in [0.05, 0.1) is 21.2 Å². The molecule has 0 aromatic heterocycles. The van der Waals surface area contributed by atoms with Crippen molar-refractivity contribution in [1.82, 2.24) is 0 Å². The van der Waals surface area contributed by atoms with E-state index in [9.17, 15) is 19.7 Å². The van der Waals surface area contributed by atoms with Gasteiger partial charge >= 0.3 is 5.97 Å². The van der Waals surface area contributed by atoms with Gasteiger partial charge in [0.1, 0.15) is 0 Å². The molecule has 2 N–H and O–H groups in total. The van der Waals surface area contributed by atoms with Crippen LogP contribution >= 0.6 is 23.2 Å². The van der Waals surface area contributed by atoms with E-state index in [4.69, 9.17) is 27.9 Å². The van der Waals surface area contributed by atoms with Gasteiger partial charge in [-0.05, 0) is 31.2 Å². The number of nitro benzene ring substituents is 1. The van der Waals surface area contributed by atoms with E-state index in [1.165, 1.54) is 31.2 Å². The van der Waals surface area contributed by atoms with Crippen molar-refractivity contribution in [3.8, 4) is 0 Å². The molecule has 1 atom stereocenters. The highest BCUT2D eigenvalue weighted by Gasteiger charge is 2.23. The van der Waals surface area contributed by atoms with E-state index in [0.29, 0.717) is 10.7 Å². The van der Waals surface area contributed by atoms with E-state index in [1.54, 1.807) is 13.1 Å². The zero-order valence-corrected chi connectivity index (χ0v) is 15.8. The SMILES string of the molecule is CNc1ccc([N+](=O)[O-])cc1C(=O)O[C@H](C)C(=O)Nc1cc(Cl)ccc1Cl. The van der Waals surface area contributed by atoms with E-state index in [0.717, 1.165) is 6.07 Å². The second-order valence-electron chi connectivity index (χ2n) is 5.40. The van der Waals surface area contributed by atoms with Crippen LogP contribution in [-0.2, 0) is 9.53 Å². The molecular formula is C17H15Cl2N3O5. The largest absolute Gasteiger partial charge is 0.449 e. The Balaban J connectivity index is 2.15. The Hall–Kier alpha value is -2.84. The number of hydrogen-bond acceptors (Lipinski definition) is 6. The van der Waals surface area contributed by atoms with Crippen LogP contribution in [0.15, 0.2) is 36.4 Å². The van der Waals surface area contributed by atoms with Crippen LogP contribution in [0.3, 0.4) is 0 Å². The Morgan fingerprint density at radius 1 is 1.15 bits per heavy atom. The Morgan fingerprint density at radius 2 is 1.85 bits per heavy atom. The summed E-state index contributed by atoms with van der Waals surface area (Å²) < 4.78 is 5.13. The average molecular weight is 412 g/mol. The summed E-state index contributed by atoms with van der Waals surface area (Å²) in [6.45, 7) is 1.36. The number of carbonyl (C=O) groups is 2. The molecule has 0 bridgehead atoms. The highest BCUT2D eigenvalue weighted by Crippen LogP contribution is 2.26. The lowest BCUT2D eigenvalue weighted by Gasteiger charge is -2.15. The number of halogens is 2. The molecule has 0 fully saturated rings. The van der Waals surface area contributed by atoms with Gasteiger partial charge in [-0.1, -0.05) is 23.2 Å². The van der Waals surface area contributed by atoms with Crippen molar-refractivity contribution in [3.63, 3.8) is 0 Å². The summed E-state index contributed by atoms with van der Waals surface area (Å²) in [6, 6.07) is 8.23. The maximum absolute atomic E-state index is 12.4. The fourth-order valence-electron chi connectivity index (χ4n) is 2.14. The Kier molecular flexibility index (Phi) is 6.59. The smallest absolute Gasteiger partial charge is 0.341 e. The summed E-state index contributed by atoms with van der Waals surface area (Å²) in [7, 11) is 1.55. The van der Waals surface area contributed by atoms with Crippen LogP contribution < -0.4 is 10.6 Å². The van der Waals surface area contributed by atoms with Gasteiger partial charge in [-0.3, -0.25) is 14.9 Å². The van der Waals surface area contributed by atoms with Crippen LogP contribution in [0.2, 0.25) is 10.0 Å². The van der Waals surface area contributed by atoms with Crippen LogP contribution in [0.5, 0.6) is 0 Å². The number of esters is 1. The van der Waals surface area contributed by atoms with Crippen molar-refractivity contribution in [1.29, 1.82) is 0 Å². The second-order valence-corrected chi connectivity index (χ2v) is 6.24. The summed E-state index contributed by atoms with van der Waals surface area (Å²) in [4.78, 5) is 34.9. The van der Waals surface area contributed by atoms with Crippen LogP contribution in [0, 0.1) is 10.1 Å². The number of nitro groups is 1. The van der Waals surface area contributed by atoms with Crippen LogP contribution in [0.1, 0.15) is 17.3 Å². The standard InChI is InChI=1S/C17H15Cl2N3O5/c1-9(16(23)21-15-7-10(18)3-5-13(15)19)27-17(24)12-8-11(22(25)26)4-6-14(12)20-2/h3-9,20H,1-2H3,(H,21,23)/t9-/m1/s1. The van der Waals surface area contributed by atoms with Crippen molar-refractivity contribution >= 4 is 52.1 Å².